The Morgan fingerprint density at radius 3 is 2.08 bits per heavy atom. The van der Waals surface area contributed by atoms with E-state index in [4.69, 9.17) is 9.47 Å². The van der Waals surface area contributed by atoms with E-state index in [0.717, 1.165) is 13.1 Å². The second-order valence-electron chi connectivity index (χ2n) is 4.28. The number of methoxy groups -OCH3 is 2. The molecule has 1 fully saturated rings. The van der Waals surface area contributed by atoms with Crippen molar-refractivity contribution in [2.24, 2.45) is 0 Å². The van der Waals surface area contributed by atoms with Gasteiger partial charge in [0.1, 0.15) is 0 Å². The molecule has 0 aliphatic carbocycles. The number of rotatable bonds is 4. The van der Waals surface area contributed by atoms with Crippen LogP contribution in [0.1, 0.15) is 13.8 Å². The number of hydrogen-bond donors (Lipinski definition) is 1. The molecule has 1 saturated heterocycles. The number of β-amino-alcohol motifs (C(OH)–C–C–N with tert-alkyl or cyclic N) is 1. The zero-order valence-corrected chi connectivity index (χ0v) is 8.83. The zero-order valence-electron chi connectivity index (χ0n) is 8.83. The Balaban J connectivity index is 2.32. The topological polar surface area (TPSA) is 41.9 Å². The van der Waals surface area contributed by atoms with Crippen molar-refractivity contribution >= 4 is 0 Å². The smallest absolute Gasteiger partial charge is 0.193 e. The summed E-state index contributed by atoms with van der Waals surface area (Å²) in [6.45, 7) is 5.70. The molecule has 1 rings (SSSR count). The Hall–Kier alpha value is -0.160. The Labute approximate surface area is 79.4 Å². The van der Waals surface area contributed by atoms with Gasteiger partial charge in [-0.3, -0.25) is 4.90 Å². The van der Waals surface area contributed by atoms with E-state index in [-0.39, 0.29) is 0 Å². The molecule has 4 nitrogen and oxygen atoms in total. The SMILES string of the molecule is COC1(OC)CN(CC(C)(C)O)C1. The van der Waals surface area contributed by atoms with Gasteiger partial charge in [0.25, 0.3) is 0 Å². The first-order valence-corrected chi connectivity index (χ1v) is 4.46. The van der Waals surface area contributed by atoms with Crippen molar-refractivity contribution in [3.8, 4) is 0 Å². The molecule has 1 aliphatic rings. The summed E-state index contributed by atoms with van der Waals surface area (Å²) < 4.78 is 10.4. The molecule has 0 aromatic heterocycles. The first kappa shape index (κ1) is 10.9. The molecular formula is C9H19NO3. The molecule has 0 bridgehead atoms. The fraction of sp³-hybridized carbons (Fsp3) is 1.00. The summed E-state index contributed by atoms with van der Waals surface area (Å²) in [5, 5.41) is 9.55. The van der Waals surface area contributed by atoms with Gasteiger partial charge in [0.15, 0.2) is 5.79 Å². The Bertz CT molecular complexity index is 164. The third-order valence-corrected chi connectivity index (χ3v) is 2.28. The molecule has 13 heavy (non-hydrogen) atoms. The van der Waals surface area contributed by atoms with Crippen LogP contribution in [0, 0.1) is 0 Å². The van der Waals surface area contributed by atoms with E-state index in [1.54, 1.807) is 28.1 Å². The minimum Gasteiger partial charge on any atom is -0.389 e. The summed E-state index contributed by atoms with van der Waals surface area (Å²) in [5.74, 6) is -0.439. The maximum Gasteiger partial charge on any atom is 0.193 e. The average molecular weight is 189 g/mol. The largest absolute Gasteiger partial charge is 0.389 e. The van der Waals surface area contributed by atoms with E-state index in [9.17, 15) is 5.11 Å². The summed E-state index contributed by atoms with van der Waals surface area (Å²) in [6, 6.07) is 0. The summed E-state index contributed by atoms with van der Waals surface area (Å²) in [5.41, 5.74) is -0.645. The van der Waals surface area contributed by atoms with Gasteiger partial charge < -0.3 is 14.6 Å². The molecule has 0 saturated carbocycles. The van der Waals surface area contributed by atoms with Gasteiger partial charge in [-0.05, 0) is 13.8 Å². The number of aliphatic hydroxyl groups is 1. The molecule has 1 N–H and O–H groups in total. The number of hydrogen-bond acceptors (Lipinski definition) is 4. The normalized spacial score (nSPS) is 22.8. The maximum absolute atomic E-state index is 9.55. The van der Waals surface area contributed by atoms with Crippen molar-refractivity contribution in [2.45, 2.75) is 25.2 Å². The van der Waals surface area contributed by atoms with Gasteiger partial charge in [-0.2, -0.15) is 0 Å². The lowest BCUT2D eigenvalue weighted by molar-refractivity contribution is -0.279. The van der Waals surface area contributed by atoms with E-state index in [1.165, 1.54) is 0 Å². The van der Waals surface area contributed by atoms with Crippen LogP contribution in [-0.4, -0.2) is 55.2 Å². The summed E-state index contributed by atoms with van der Waals surface area (Å²) in [4.78, 5) is 2.10. The van der Waals surface area contributed by atoms with Gasteiger partial charge in [0.05, 0.1) is 18.7 Å². The lowest BCUT2D eigenvalue weighted by Gasteiger charge is -2.49. The molecule has 0 atom stereocenters. The highest BCUT2D eigenvalue weighted by Gasteiger charge is 2.44. The summed E-state index contributed by atoms with van der Waals surface area (Å²) in [6.07, 6.45) is 0. The average Bonchev–Trinajstić information content (AvgIpc) is 1.94. The molecule has 0 amide bonds. The van der Waals surface area contributed by atoms with Gasteiger partial charge >= 0.3 is 0 Å². The third kappa shape index (κ3) is 2.64. The fourth-order valence-corrected chi connectivity index (χ4v) is 1.64. The van der Waals surface area contributed by atoms with Crippen LogP contribution >= 0.6 is 0 Å². The van der Waals surface area contributed by atoms with E-state index in [2.05, 4.69) is 4.90 Å². The Kier molecular flexibility index (Phi) is 2.97. The molecule has 0 aromatic rings. The predicted octanol–water partition coefficient (Wildman–Crippen LogP) is 0.0620. The first-order chi connectivity index (χ1) is 5.91. The van der Waals surface area contributed by atoms with Crippen LogP contribution < -0.4 is 0 Å². The Morgan fingerprint density at radius 1 is 1.31 bits per heavy atom. The van der Waals surface area contributed by atoms with Crippen LogP contribution in [0.3, 0.4) is 0 Å². The summed E-state index contributed by atoms with van der Waals surface area (Å²) >= 11 is 0. The van der Waals surface area contributed by atoms with Gasteiger partial charge in [-0.15, -0.1) is 0 Å². The molecule has 1 heterocycles. The van der Waals surface area contributed by atoms with Gasteiger partial charge in [-0.1, -0.05) is 0 Å². The van der Waals surface area contributed by atoms with Crippen molar-refractivity contribution in [3.05, 3.63) is 0 Å². The highest BCUT2D eigenvalue weighted by atomic mass is 16.7. The first-order valence-electron chi connectivity index (χ1n) is 4.46. The minimum atomic E-state index is -0.645. The molecule has 0 aromatic carbocycles. The van der Waals surface area contributed by atoms with Crippen LogP contribution in [-0.2, 0) is 9.47 Å². The van der Waals surface area contributed by atoms with Crippen molar-refractivity contribution in [1.29, 1.82) is 0 Å². The van der Waals surface area contributed by atoms with Crippen molar-refractivity contribution in [3.63, 3.8) is 0 Å². The number of ether oxygens (including phenoxy) is 2. The molecule has 78 valence electrons. The molecular weight excluding hydrogens is 170 g/mol. The lowest BCUT2D eigenvalue weighted by atomic mass is 10.0. The zero-order chi connectivity index (χ0) is 10.1. The maximum atomic E-state index is 9.55. The quantitative estimate of drug-likeness (QED) is 0.635. The van der Waals surface area contributed by atoms with Gasteiger partial charge in [-0.25, -0.2) is 0 Å². The Morgan fingerprint density at radius 2 is 1.77 bits per heavy atom. The van der Waals surface area contributed by atoms with E-state index < -0.39 is 11.4 Å². The van der Waals surface area contributed by atoms with Crippen LogP contribution in [0.4, 0.5) is 0 Å². The predicted molar refractivity (Wildman–Crippen MR) is 49.5 cm³/mol. The van der Waals surface area contributed by atoms with Crippen LogP contribution in [0.5, 0.6) is 0 Å². The van der Waals surface area contributed by atoms with E-state index >= 15 is 0 Å². The van der Waals surface area contributed by atoms with Crippen molar-refractivity contribution in [2.75, 3.05) is 33.9 Å². The molecule has 0 radical (unpaired) electrons. The van der Waals surface area contributed by atoms with Crippen molar-refractivity contribution < 1.29 is 14.6 Å². The van der Waals surface area contributed by atoms with Crippen LogP contribution in [0.2, 0.25) is 0 Å². The molecule has 0 unspecified atom stereocenters. The second kappa shape index (κ2) is 3.53. The van der Waals surface area contributed by atoms with E-state index in [1.807, 2.05) is 0 Å². The molecule has 0 spiro atoms. The van der Waals surface area contributed by atoms with Crippen LogP contribution in [0.25, 0.3) is 0 Å². The third-order valence-electron chi connectivity index (χ3n) is 2.28. The van der Waals surface area contributed by atoms with Gasteiger partial charge in [0, 0.05) is 20.8 Å². The minimum absolute atomic E-state index is 0.439. The second-order valence-corrected chi connectivity index (χ2v) is 4.28. The van der Waals surface area contributed by atoms with E-state index in [0.29, 0.717) is 6.54 Å². The summed E-state index contributed by atoms with van der Waals surface area (Å²) in [7, 11) is 3.29. The monoisotopic (exact) mass is 189 g/mol. The van der Waals surface area contributed by atoms with Crippen molar-refractivity contribution in [1.82, 2.24) is 4.90 Å². The lowest BCUT2D eigenvalue weighted by Crippen LogP contribution is -2.65. The highest BCUT2D eigenvalue weighted by molar-refractivity contribution is 4.91. The highest BCUT2D eigenvalue weighted by Crippen LogP contribution is 2.26. The van der Waals surface area contributed by atoms with Crippen LogP contribution in [0.15, 0.2) is 0 Å². The molecule has 1 aliphatic heterocycles. The molecule has 4 heteroatoms. The number of likely N-dealkylation sites (tertiary alicyclic amines) is 1. The standard InChI is InChI=1S/C9H19NO3/c1-8(2,11)5-10-6-9(7-10,12-3)13-4/h11H,5-7H2,1-4H3. The fourth-order valence-electron chi connectivity index (χ4n) is 1.64. The van der Waals surface area contributed by atoms with Gasteiger partial charge in [0.2, 0.25) is 0 Å². The number of nitrogens with zero attached hydrogens (tertiary/aromatic N) is 1.